The number of hydrogen-bond donors (Lipinski definition) is 1. The Morgan fingerprint density at radius 2 is 1.67 bits per heavy atom. The monoisotopic (exact) mass is 342 g/mol. The quantitative estimate of drug-likeness (QED) is 0.609. The smallest absolute Gasteiger partial charge is 0.240 e. The van der Waals surface area contributed by atoms with Gasteiger partial charge in [0.1, 0.15) is 5.41 Å². The Kier molecular flexibility index (Phi) is 5.51. The third kappa shape index (κ3) is 3.39. The second-order valence-electron chi connectivity index (χ2n) is 6.05. The van der Waals surface area contributed by atoms with E-state index in [1.807, 2.05) is 13.8 Å². The van der Waals surface area contributed by atoms with Crippen LogP contribution in [0.4, 0.5) is 18.9 Å². The molecule has 2 rings (SSSR count). The molecule has 0 aromatic heterocycles. The third-order valence-corrected chi connectivity index (χ3v) is 4.15. The maximum Gasteiger partial charge on any atom is 0.240 e. The van der Waals surface area contributed by atoms with Gasteiger partial charge in [-0.1, -0.05) is 13.8 Å². The molecule has 0 heterocycles. The Labute approximate surface area is 139 Å². The zero-order chi connectivity index (χ0) is 17.9. The molecule has 0 saturated heterocycles. The molecule has 1 aromatic carbocycles. The van der Waals surface area contributed by atoms with E-state index >= 15 is 0 Å². The molecule has 0 atom stereocenters. The van der Waals surface area contributed by atoms with Crippen LogP contribution in [0.1, 0.15) is 39.5 Å². The van der Waals surface area contributed by atoms with E-state index in [-0.39, 0.29) is 5.91 Å². The molecule has 2 amide bonds. The highest BCUT2D eigenvalue weighted by atomic mass is 19.2. The molecule has 0 radical (unpaired) electrons. The van der Waals surface area contributed by atoms with Gasteiger partial charge in [-0.2, -0.15) is 0 Å². The Morgan fingerprint density at radius 1 is 1.08 bits per heavy atom. The molecular weight excluding hydrogens is 321 g/mol. The predicted molar refractivity (Wildman–Crippen MR) is 83.8 cm³/mol. The lowest BCUT2D eigenvalue weighted by Crippen LogP contribution is -2.43. The average Bonchev–Trinajstić information content (AvgIpc) is 3.36. The van der Waals surface area contributed by atoms with Gasteiger partial charge in [0.2, 0.25) is 11.8 Å². The number of anilines is 1. The third-order valence-electron chi connectivity index (χ3n) is 4.15. The van der Waals surface area contributed by atoms with Gasteiger partial charge in [-0.3, -0.25) is 9.59 Å². The van der Waals surface area contributed by atoms with Crippen LogP contribution in [0.5, 0.6) is 0 Å². The lowest BCUT2D eigenvalue weighted by molar-refractivity contribution is -0.142. The van der Waals surface area contributed by atoms with Crippen LogP contribution in [0.25, 0.3) is 0 Å². The van der Waals surface area contributed by atoms with Crippen molar-refractivity contribution in [2.24, 2.45) is 5.41 Å². The molecule has 0 aliphatic heterocycles. The summed E-state index contributed by atoms with van der Waals surface area (Å²) in [7, 11) is 0. The second kappa shape index (κ2) is 7.23. The molecule has 0 bridgehead atoms. The molecule has 4 nitrogen and oxygen atoms in total. The van der Waals surface area contributed by atoms with Gasteiger partial charge in [0, 0.05) is 13.1 Å². The fourth-order valence-corrected chi connectivity index (χ4v) is 2.68. The SMILES string of the molecule is CCCN(CCC)C(=O)C1(C(=O)Nc2ccc(F)c(F)c2F)CC1. The van der Waals surface area contributed by atoms with Crippen molar-refractivity contribution in [1.29, 1.82) is 0 Å². The van der Waals surface area contributed by atoms with Crippen molar-refractivity contribution in [3.8, 4) is 0 Å². The number of carbonyl (C=O) groups excluding carboxylic acids is 2. The summed E-state index contributed by atoms with van der Waals surface area (Å²) in [6.07, 6.45) is 2.27. The van der Waals surface area contributed by atoms with Crippen LogP contribution >= 0.6 is 0 Å². The molecular formula is C17H21F3N2O2. The van der Waals surface area contributed by atoms with Crippen molar-refractivity contribution >= 4 is 17.5 Å². The number of hydrogen-bond acceptors (Lipinski definition) is 2. The molecule has 1 saturated carbocycles. The average molecular weight is 342 g/mol. The summed E-state index contributed by atoms with van der Waals surface area (Å²) in [6, 6.07) is 1.68. The first kappa shape index (κ1) is 18.3. The Morgan fingerprint density at radius 3 is 2.17 bits per heavy atom. The maximum absolute atomic E-state index is 13.7. The highest BCUT2D eigenvalue weighted by Crippen LogP contribution is 2.48. The van der Waals surface area contributed by atoms with Gasteiger partial charge in [-0.25, -0.2) is 13.2 Å². The van der Waals surface area contributed by atoms with Gasteiger partial charge in [0.05, 0.1) is 5.69 Å². The van der Waals surface area contributed by atoms with Gasteiger partial charge in [-0.05, 0) is 37.8 Å². The Hall–Kier alpha value is -2.05. The number of benzene rings is 1. The molecule has 0 spiro atoms. The first-order valence-corrected chi connectivity index (χ1v) is 8.11. The van der Waals surface area contributed by atoms with Crippen molar-refractivity contribution in [1.82, 2.24) is 4.90 Å². The number of rotatable bonds is 7. The molecule has 0 unspecified atom stereocenters. The van der Waals surface area contributed by atoms with Crippen LogP contribution in [-0.2, 0) is 9.59 Å². The molecule has 1 N–H and O–H groups in total. The Balaban J connectivity index is 2.17. The number of carbonyl (C=O) groups is 2. The van der Waals surface area contributed by atoms with Gasteiger partial charge >= 0.3 is 0 Å². The van der Waals surface area contributed by atoms with Crippen molar-refractivity contribution in [3.63, 3.8) is 0 Å². The number of amides is 2. The lowest BCUT2D eigenvalue weighted by atomic mass is 10.0. The first-order valence-electron chi connectivity index (χ1n) is 8.11. The van der Waals surface area contributed by atoms with Gasteiger partial charge < -0.3 is 10.2 Å². The Bertz CT molecular complexity index is 639. The van der Waals surface area contributed by atoms with Crippen LogP contribution in [0.3, 0.4) is 0 Å². The van der Waals surface area contributed by atoms with Gasteiger partial charge in [0.25, 0.3) is 0 Å². The molecule has 1 aromatic rings. The minimum atomic E-state index is -1.65. The number of nitrogens with one attached hydrogen (secondary N) is 1. The zero-order valence-electron chi connectivity index (χ0n) is 13.8. The van der Waals surface area contributed by atoms with E-state index in [0.29, 0.717) is 25.9 Å². The van der Waals surface area contributed by atoms with Gasteiger partial charge in [-0.15, -0.1) is 0 Å². The summed E-state index contributed by atoms with van der Waals surface area (Å²) in [4.78, 5) is 26.8. The predicted octanol–water partition coefficient (Wildman–Crippen LogP) is 3.47. The standard InChI is InChI=1S/C17H21F3N2O2/c1-3-9-22(10-4-2)16(24)17(7-8-17)15(23)21-12-6-5-11(18)13(19)14(12)20/h5-6H,3-4,7-10H2,1-2H3,(H,21,23). The van der Waals surface area contributed by atoms with Crippen molar-refractivity contribution < 1.29 is 22.8 Å². The number of nitrogens with zero attached hydrogens (tertiary/aromatic N) is 1. The van der Waals surface area contributed by atoms with Crippen molar-refractivity contribution in [2.75, 3.05) is 18.4 Å². The molecule has 24 heavy (non-hydrogen) atoms. The summed E-state index contributed by atoms with van der Waals surface area (Å²) in [6.45, 7) is 4.96. The molecule has 1 aliphatic carbocycles. The summed E-state index contributed by atoms with van der Waals surface area (Å²) in [5, 5.41) is 2.23. The first-order chi connectivity index (χ1) is 11.4. The topological polar surface area (TPSA) is 49.4 Å². The van der Waals surface area contributed by atoms with Crippen molar-refractivity contribution in [3.05, 3.63) is 29.6 Å². The summed E-state index contributed by atoms with van der Waals surface area (Å²) in [5.41, 5.74) is -1.68. The van der Waals surface area contributed by atoms with E-state index in [1.54, 1.807) is 4.90 Å². The fraction of sp³-hybridized carbons (Fsp3) is 0.529. The van der Waals surface area contributed by atoms with E-state index in [1.165, 1.54) is 0 Å². The summed E-state index contributed by atoms with van der Waals surface area (Å²) >= 11 is 0. The molecule has 132 valence electrons. The van der Waals surface area contributed by atoms with E-state index in [0.717, 1.165) is 25.0 Å². The molecule has 7 heteroatoms. The van der Waals surface area contributed by atoms with Crippen LogP contribution in [0.2, 0.25) is 0 Å². The van der Waals surface area contributed by atoms with E-state index in [4.69, 9.17) is 0 Å². The van der Waals surface area contributed by atoms with Crippen LogP contribution in [-0.4, -0.2) is 29.8 Å². The van der Waals surface area contributed by atoms with Crippen LogP contribution in [0.15, 0.2) is 12.1 Å². The zero-order valence-corrected chi connectivity index (χ0v) is 13.8. The highest BCUT2D eigenvalue weighted by molar-refractivity contribution is 6.13. The molecule has 1 aliphatic rings. The number of halogens is 3. The van der Waals surface area contributed by atoms with E-state index in [2.05, 4.69) is 5.32 Å². The highest BCUT2D eigenvalue weighted by Gasteiger charge is 2.58. The summed E-state index contributed by atoms with van der Waals surface area (Å²) < 4.78 is 39.9. The van der Waals surface area contributed by atoms with E-state index in [9.17, 15) is 22.8 Å². The second-order valence-corrected chi connectivity index (χ2v) is 6.05. The fourth-order valence-electron chi connectivity index (χ4n) is 2.68. The van der Waals surface area contributed by atoms with E-state index < -0.39 is 34.5 Å². The summed E-state index contributed by atoms with van der Waals surface area (Å²) in [5.74, 6) is -5.41. The van der Waals surface area contributed by atoms with Crippen LogP contribution < -0.4 is 5.32 Å². The van der Waals surface area contributed by atoms with Gasteiger partial charge in [0.15, 0.2) is 17.5 Å². The maximum atomic E-state index is 13.7. The minimum Gasteiger partial charge on any atom is -0.342 e. The largest absolute Gasteiger partial charge is 0.342 e. The minimum absolute atomic E-state index is 0.285. The van der Waals surface area contributed by atoms with Crippen LogP contribution in [0, 0.1) is 22.9 Å². The lowest BCUT2D eigenvalue weighted by Gasteiger charge is -2.26. The normalized spacial score (nSPS) is 15.0. The van der Waals surface area contributed by atoms with Crippen molar-refractivity contribution in [2.45, 2.75) is 39.5 Å². The molecule has 1 fully saturated rings.